The van der Waals surface area contributed by atoms with Crippen molar-refractivity contribution in [3.05, 3.63) is 128 Å². The van der Waals surface area contributed by atoms with Gasteiger partial charge in [0.2, 0.25) is 11.9 Å². The lowest BCUT2D eigenvalue weighted by Gasteiger charge is -2.45. The number of alkyl halides is 8. The molecule has 6 aliphatic heterocycles. The van der Waals surface area contributed by atoms with E-state index in [0.717, 1.165) is 0 Å². The fourth-order valence-electron chi connectivity index (χ4n) is 7.92. The van der Waals surface area contributed by atoms with Gasteiger partial charge < -0.3 is 50.4 Å². The quantitative estimate of drug-likeness (QED) is 0.0609. The fourth-order valence-corrected chi connectivity index (χ4v) is 8.21. The molecule has 1 aromatic heterocycles. The molecule has 0 bridgehead atoms. The Morgan fingerprint density at radius 1 is 0.775 bits per heavy atom. The molecule has 2 saturated heterocycles. The van der Waals surface area contributed by atoms with Crippen LogP contribution < -0.4 is 45.9 Å². The van der Waals surface area contributed by atoms with Crippen LogP contribution in [-0.2, 0) is 21.4 Å². The van der Waals surface area contributed by atoms with Gasteiger partial charge >= 0.3 is 12.2 Å². The second-order valence-corrected chi connectivity index (χ2v) is 20.9. The molecular formula is C43H45Cl8N12O8+. The predicted molar refractivity (Wildman–Crippen MR) is 270 cm³/mol. The van der Waals surface area contributed by atoms with Crippen LogP contribution in [0.15, 0.2) is 138 Å². The van der Waals surface area contributed by atoms with Gasteiger partial charge in [0.1, 0.15) is 42.6 Å². The molecular weight excluding hydrogens is 1100 g/mol. The molecule has 2 aromatic carbocycles. The number of aromatic nitrogens is 2. The highest BCUT2D eigenvalue weighted by molar-refractivity contribution is 6.77. The number of aliphatic hydroxyl groups excluding tert-OH is 1. The molecule has 380 valence electrons. The summed E-state index contributed by atoms with van der Waals surface area (Å²) in [4.78, 5) is 60.4. The lowest BCUT2D eigenvalue weighted by atomic mass is 9.93. The Hall–Kier alpha value is -5.29. The van der Waals surface area contributed by atoms with Crippen LogP contribution in [0.4, 0.5) is 9.59 Å². The summed E-state index contributed by atoms with van der Waals surface area (Å²) in [6.07, 6.45) is 11.5. The van der Waals surface area contributed by atoms with E-state index in [9.17, 15) is 24.3 Å². The van der Waals surface area contributed by atoms with Crippen molar-refractivity contribution < 1.29 is 43.1 Å². The monoisotopic (exact) mass is 1140 g/mol. The summed E-state index contributed by atoms with van der Waals surface area (Å²) in [5, 5.41) is 27.7. The third kappa shape index (κ3) is 13.2. The SMILES string of the molecule is C=C1N[C@H]2[C@H](CO)N=C(NC(=O)C(Cl)(Cl)Cl)N3CC=C[C@]23N1.C=C1N[C@H]2[C@H](COC(=O)Oc3ccccc3)N=C(NC(=O)C(Cl)(Cl)Cl)N3CC=C[C@]23N1.C[n+]1ccn(C(=O)Oc2ccccc2)c1.ClCCl. The van der Waals surface area contributed by atoms with Crippen molar-refractivity contribution in [1.82, 2.24) is 46.3 Å². The van der Waals surface area contributed by atoms with Gasteiger partial charge in [-0.2, -0.15) is 4.79 Å². The van der Waals surface area contributed by atoms with Gasteiger partial charge in [-0.1, -0.05) is 131 Å². The Morgan fingerprint density at radius 2 is 1.23 bits per heavy atom. The van der Waals surface area contributed by atoms with Crippen LogP contribution in [0.25, 0.3) is 0 Å². The van der Waals surface area contributed by atoms with Gasteiger partial charge in [0.05, 0.1) is 42.7 Å². The number of hydrogen-bond donors (Lipinski definition) is 7. The molecule has 2 fully saturated rings. The van der Waals surface area contributed by atoms with Crippen molar-refractivity contribution in [3.8, 4) is 11.5 Å². The second kappa shape index (κ2) is 23.5. The summed E-state index contributed by atoms with van der Waals surface area (Å²) in [7, 11) is 1.84. The van der Waals surface area contributed by atoms with Crippen LogP contribution in [0.1, 0.15) is 0 Å². The van der Waals surface area contributed by atoms with Crippen LogP contribution >= 0.6 is 92.8 Å². The number of guanidine groups is 2. The van der Waals surface area contributed by atoms with E-state index >= 15 is 0 Å². The van der Waals surface area contributed by atoms with Gasteiger partial charge in [-0.3, -0.25) is 20.2 Å². The van der Waals surface area contributed by atoms with Crippen LogP contribution in [0.2, 0.25) is 0 Å². The third-order valence-electron chi connectivity index (χ3n) is 10.8. The summed E-state index contributed by atoms with van der Waals surface area (Å²) in [5.41, 5.74) is -1.45. The molecule has 20 nitrogen and oxygen atoms in total. The van der Waals surface area contributed by atoms with E-state index in [1.165, 1.54) is 4.57 Å². The summed E-state index contributed by atoms with van der Waals surface area (Å²) >= 11 is 43.4. The smallest absolute Gasteiger partial charge is 0.432 e. The molecule has 28 heteroatoms. The van der Waals surface area contributed by atoms with Gasteiger partial charge in [-0.05, 0) is 36.4 Å². The number of aryl methyl sites for hydroxylation is 1. The van der Waals surface area contributed by atoms with Crippen LogP contribution in [-0.4, -0.2) is 130 Å². The lowest BCUT2D eigenvalue weighted by Crippen LogP contribution is -2.69. The molecule has 6 aliphatic rings. The van der Waals surface area contributed by atoms with Crippen LogP contribution in [0, 0.1) is 0 Å². The number of aliphatic hydroxyl groups is 1. The second-order valence-electron chi connectivity index (χ2n) is 15.5. The number of hydrogen-bond acceptors (Lipinski definition) is 16. The molecule has 0 saturated carbocycles. The highest BCUT2D eigenvalue weighted by Crippen LogP contribution is 2.38. The molecule has 0 aliphatic carbocycles. The minimum absolute atomic E-state index is 0.130. The topological polar surface area (TPSA) is 228 Å². The van der Waals surface area contributed by atoms with E-state index in [2.05, 4.69) is 55.0 Å². The molecule has 9 rings (SSSR count). The number of amides is 2. The number of ether oxygens (including phenoxy) is 3. The first-order valence-electron chi connectivity index (χ1n) is 20.9. The van der Waals surface area contributed by atoms with E-state index < -0.39 is 55.1 Å². The van der Waals surface area contributed by atoms with Crippen molar-refractivity contribution in [3.63, 3.8) is 0 Å². The van der Waals surface area contributed by atoms with Gasteiger partial charge in [0, 0.05) is 13.1 Å². The first-order chi connectivity index (χ1) is 33.6. The minimum atomic E-state index is -2.17. The molecule has 7 heterocycles. The van der Waals surface area contributed by atoms with Gasteiger partial charge in [-0.25, -0.2) is 19.3 Å². The Labute approximate surface area is 447 Å². The van der Waals surface area contributed by atoms with Gasteiger partial charge in [0.25, 0.3) is 25.7 Å². The number of para-hydroxylation sites is 2. The van der Waals surface area contributed by atoms with Crippen molar-refractivity contribution in [2.24, 2.45) is 17.0 Å². The third-order valence-corrected chi connectivity index (χ3v) is 11.8. The number of nitrogens with one attached hydrogen (secondary N) is 6. The standard InChI is InChI=1S/C19H18Cl3N5O4.C12H14Cl3N5O2.C11H11N2O2.CH2Cl2/c1-11-23-14-13(10-30-17(29)31-12-6-3-2-4-7-12)24-16(25-15(28)19(20,21)22)27-9-5-8-18(14,27)26-11;1-6-16-8-7(5-21)17-10(18-9(22)12(13,14)15)20-4-2-3-11(8,20)19-6;1-12-7-8-13(9-12)11(14)15-10-5-3-2-4-6-10;2-1-3/h2-8,13-14,23,26H,1,9-10H2,(H,24,25,28);2-3,7-8,16,19,21H,1,4-5H2,(H,17,18,22);2-9H,1H3;1H2/q;;+1;/t13-,14-,18+;7-,8-,11+;;/m00../s1. The number of imidazole rings is 1. The van der Waals surface area contributed by atoms with Gasteiger partial charge in [0.15, 0.2) is 11.3 Å². The van der Waals surface area contributed by atoms with Crippen molar-refractivity contribution in [2.75, 3.05) is 31.6 Å². The Bertz CT molecular complexity index is 2580. The van der Waals surface area contributed by atoms with E-state index in [0.29, 0.717) is 36.2 Å². The van der Waals surface area contributed by atoms with E-state index in [1.54, 1.807) is 70.7 Å². The zero-order chi connectivity index (χ0) is 51.7. The number of aliphatic imine (C=N–C) groups is 2. The fraction of sp³-hybridized carbons (Fsp3) is 0.326. The molecule has 3 aromatic rings. The zero-order valence-corrected chi connectivity index (χ0v) is 43.1. The molecule has 2 spiro atoms. The summed E-state index contributed by atoms with van der Waals surface area (Å²) in [5.74, 6) is 0.811. The van der Waals surface area contributed by atoms with E-state index in [-0.39, 0.29) is 42.6 Å². The number of rotatable bonds is 5. The summed E-state index contributed by atoms with van der Waals surface area (Å²) in [6, 6.07) is 15.8. The summed E-state index contributed by atoms with van der Waals surface area (Å²) in [6.45, 7) is 8.41. The highest BCUT2D eigenvalue weighted by Gasteiger charge is 2.58. The maximum atomic E-state index is 12.3. The average molecular weight is 1140 g/mol. The molecule has 7 N–H and O–H groups in total. The molecule has 0 radical (unpaired) electrons. The van der Waals surface area contributed by atoms with Crippen LogP contribution in [0.3, 0.4) is 0 Å². The predicted octanol–water partition coefficient (Wildman–Crippen LogP) is 4.61. The number of halogens is 8. The van der Waals surface area contributed by atoms with Gasteiger partial charge in [-0.15, -0.1) is 27.8 Å². The van der Waals surface area contributed by atoms with Crippen molar-refractivity contribution >= 4 is 129 Å². The number of nitrogens with zero attached hydrogens (tertiary/aromatic N) is 6. The first-order valence-corrected chi connectivity index (χ1v) is 24.2. The average Bonchev–Trinajstić information content (AvgIpc) is 4.17. The van der Waals surface area contributed by atoms with Crippen molar-refractivity contribution in [1.29, 1.82) is 0 Å². The van der Waals surface area contributed by atoms with E-state index in [1.807, 2.05) is 54.5 Å². The minimum Gasteiger partial charge on any atom is -0.432 e. The lowest BCUT2D eigenvalue weighted by molar-refractivity contribution is -0.670. The number of carbonyl (C=O) groups excluding carboxylic acids is 4. The normalized spacial score (nSPS) is 24.0. The van der Waals surface area contributed by atoms with Crippen molar-refractivity contribution in [2.45, 2.75) is 43.1 Å². The Kier molecular flexibility index (Phi) is 18.2. The maximum Gasteiger partial charge on any atom is 0.517 e. The highest BCUT2D eigenvalue weighted by atomic mass is 35.6. The largest absolute Gasteiger partial charge is 0.517 e. The molecule has 71 heavy (non-hydrogen) atoms. The zero-order valence-electron chi connectivity index (χ0n) is 37.1. The molecule has 0 unspecified atom stereocenters. The number of carbonyl (C=O) groups is 4. The number of benzene rings is 2. The molecule has 6 atom stereocenters. The Balaban J connectivity index is 0.000000180. The Morgan fingerprint density at radius 3 is 1.66 bits per heavy atom. The first kappa shape index (κ1) is 55.0. The maximum absolute atomic E-state index is 12.3. The molecule has 2 amide bonds. The summed E-state index contributed by atoms with van der Waals surface area (Å²) < 4.78 is 14.5. The van der Waals surface area contributed by atoms with E-state index in [4.69, 9.17) is 107 Å². The van der Waals surface area contributed by atoms with Crippen LogP contribution in [0.5, 0.6) is 11.5 Å².